The third-order valence-electron chi connectivity index (χ3n) is 3.33. The summed E-state index contributed by atoms with van der Waals surface area (Å²) in [4.78, 5) is 12.3. The quantitative estimate of drug-likeness (QED) is 0.747. The van der Waals surface area contributed by atoms with Crippen molar-refractivity contribution >= 4 is 21.8 Å². The lowest BCUT2D eigenvalue weighted by Gasteiger charge is -2.13. The molecule has 0 aliphatic carbocycles. The van der Waals surface area contributed by atoms with Crippen LogP contribution >= 0.6 is 15.9 Å². The molecule has 3 aromatic rings. The van der Waals surface area contributed by atoms with Crippen molar-refractivity contribution in [3.8, 4) is 5.69 Å². The smallest absolute Gasteiger partial charge is 0.254 e. The Bertz CT molecular complexity index is 779. The highest BCUT2D eigenvalue weighted by molar-refractivity contribution is 9.10. The van der Waals surface area contributed by atoms with E-state index in [4.69, 9.17) is 0 Å². The first-order valence-electron chi connectivity index (χ1n) is 7.21. The zero-order chi connectivity index (χ0) is 16.2. The van der Waals surface area contributed by atoms with Gasteiger partial charge in [0.1, 0.15) is 0 Å². The van der Waals surface area contributed by atoms with Crippen molar-refractivity contribution in [2.75, 3.05) is 0 Å². The third kappa shape index (κ3) is 3.87. The fourth-order valence-electron chi connectivity index (χ4n) is 2.22. The Morgan fingerprint density at radius 3 is 2.78 bits per heavy atom. The van der Waals surface area contributed by atoms with E-state index in [1.165, 1.54) is 0 Å². The predicted molar refractivity (Wildman–Crippen MR) is 90.4 cm³/mol. The van der Waals surface area contributed by atoms with E-state index >= 15 is 0 Å². The van der Waals surface area contributed by atoms with Crippen molar-refractivity contribution in [2.24, 2.45) is 0 Å². The molecule has 23 heavy (non-hydrogen) atoms. The van der Waals surface area contributed by atoms with Gasteiger partial charge in [0, 0.05) is 29.1 Å². The van der Waals surface area contributed by atoms with Crippen LogP contribution in [0.5, 0.6) is 0 Å². The van der Waals surface area contributed by atoms with E-state index in [1.54, 1.807) is 28.0 Å². The van der Waals surface area contributed by atoms with Gasteiger partial charge in [-0.15, -0.1) is 0 Å². The highest BCUT2D eigenvalue weighted by atomic mass is 79.9. The van der Waals surface area contributed by atoms with Gasteiger partial charge in [-0.1, -0.05) is 15.9 Å². The fourth-order valence-corrected chi connectivity index (χ4v) is 2.48. The van der Waals surface area contributed by atoms with Crippen LogP contribution in [-0.2, 0) is 6.54 Å². The maximum absolute atomic E-state index is 12.3. The van der Waals surface area contributed by atoms with Crippen molar-refractivity contribution in [1.82, 2.24) is 24.9 Å². The number of aromatic nitrogens is 4. The van der Waals surface area contributed by atoms with Crippen LogP contribution in [0, 0.1) is 0 Å². The summed E-state index contributed by atoms with van der Waals surface area (Å²) in [5, 5.41) is 11.3. The Hall–Kier alpha value is -2.41. The lowest BCUT2D eigenvalue weighted by Crippen LogP contribution is -2.35. The van der Waals surface area contributed by atoms with Crippen LogP contribution in [0.4, 0.5) is 0 Å². The van der Waals surface area contributed by atoms with Crippen LogP contribution in [0.2, 0.25) is 0 Å². The minimum Gasteiger partial charge on any atom is -0.348 e. The van der Waals surface area contributed by atoms with Gasteiger partial charge in [-0.3, -0.25) is 9.48 Å². The van der Waals surface area contributed by atoms with Gasteiger partial charge in [0.15, 0.2) is 0 Å². The summed E-state index contributed by atoms with van der Waals surface area (Å²) >= 11 is 3.40. The fraction of sp³-hybridized carbons (Fsp3) is 0.188. The molecule has 2 heterocycles. The molecule has 2 aromatic heterocycles. The Balaban J connectivity index is 1.65. The van der Waals surface area contributed by atoms with Gasteiger partial charge >= 0.3 is 0 Å². The Morgan fingerprint density at radius 2 is 2.09 bits per heavy atom. The van der Waals surface area contributed by atoms with Crippen molar-refractivity contribution in [1.29, 1.82) is 0 Å². The van der Waals surface area contributed by atoms with Crippen molar-refractivity contribution < 1.29 is 4.79 Å². The topological polar surface area (TPSA) is 64.7 Å². The molecule has 0 unspecified atom stereocenters. The summed E-state index contributed by atoms with van der Waals surface area (Å²) in [6, 6.07) is 9.55. The van der Waals surface area contributed by atoms with Gasteiger partial charge in [-0.05, 0) is 37.3 Å². The highest BCUT2D eigenvalue weighted by Crippen LogP contribution is 2.14. The molecular weight excluding hydrogens is 358 g/mol. The standard InChI is InChI=1S/C16H16BrN5O/c1-12(10-21-8-2-7-18-21)20-16(23)13-9-19-22(11-13)15-5-3-14(17)4-6-15/h2-9,11-12H,10H2,1H3,(H,20,23)/t12-/m1/s1. The molecule has 0 bridgehead atoms. The van der Waals surface area contributed by atoms with Crippen LogP contribution in [0.3, 0.4) is 0 Å². The molecule has 6 nitrogen and oxygen atoms in total. The van der Waals surface area contributed by atoms with Gasteiger partial charge in [0.05, 0.1) is 24.0 Å². The first-order chi connectivity index (χ1) is 11.1. The summed E-state index contributed by atoms with van der Waals surface area (Å²) in [6.45, 7) is 2.57. The number of amides is 1. The van der Waals surface area contributed by atoms with Crippen LogP contribution in [0.1, 0.15) is 17.3 Å². The molecule has 0 aliphatic heterocycles. The Labute approximate surface area is 142 Å². The average molecular weight is 374 g/mol. The van der Waals surface area contributed by atoms with Crippen LogP contribution < -0.4 is 5.32 Å². The predicted octanol–water partition coefficient (Wildman–Crippen LogP) is 2.65. The molecule has 0 saturated heterocycles. The zero-order valence-corrected chi connectivity index (χ0v) is 14.1. The van der Waals surface area contributed by atoms with E-state index in [1.807, 2.05) is 43.5 Å². The summed E-state index contributed by atoms with van der Waals surface area (Å²) in [5.74, 6) is -0.145. The Morgan fingerprint density at radius 1 is 1.30 bits per heavy atom. The van der Waals surface area contributed by atoms with Gasteiger partial charge in [-0.2, -0.15) is 10.2 Å². The van der Waals surface area contributed by atoms with Crippen LogP contribution in [-0.4, -0.2) is 31.5 Å². The number of hydrogen-bond donors (Lipinski definition) is 1. The number of hydrogen-bond acceptors (Lipinski definition) is 3. The first kappa shape index (κ1) is 15.5. The highest BCUT2D eigenvalue weighted by Gasteiger charge is 2.13. The summed E-state index contributed by atoms with van der Waals surface area (Å²) < 4.78 is 4.47. The largest absolute Gasteiger partial charge is 0.348 e. The first-order valence-corrected chi connectivity index (χ1v) is 8.00. The molecule has 0 radical (unpaired) electrons. The molecular formula is C16H16BrN5O. The average Bonchev–Trinajstić information content (AvgIpc) is 3.19. The summed E-state index contributed by atoms with van der Waals surface area (Å²) in [7, 11) is 0. The molecule has 1 N–H and O–H groups in total. The van der Waals surface area contributed by atoms with Gasteiger partial charge in [0.2, 0.25) is 0 Å². The van der Waals surface area contributed by atoms with Crippen LogP contribution in [0.25, 0.3) is 5.69 Å². The summed E-state index contributed by atoms with van der Waals surface area (Å²) in [6.07, 6.45) is 6.88. The van der Waals surface area contributed by atoms with E-state index < -0.39 is 0 Å². The molecule has 1 aromatic carbocycles. The molecule has 0 spiro atoms. The molecule has 1 atom stereocenters. The molecule has 118 valence electrons. The number of benzene rings is 1. The van der Waals surface area contributed by atoms with Gasteiger partial charge in [-0.25, -0.2) is 4.68 Å². The van der Waals surface area contributed by atoms with E-state index in [0.717, 1.165) is 10.2 Å². The normalized spacial score (nSPS) is 12.1. The maximum atomic E-state index is 12.3. The molecule has 0 saturated carbocycles. The molecule has 0 fully saturated rings. The second kappa shape index (κ2) is 6.78. The molecule has 3 rings (SSSR count). The zero-order valence-electron chi connectivity index (χ0n) is 12.6. The monoisotopic (exact) mass is 373 g/mol. The number of carbonyl (C=O) groups excluding carboxylic acids is 1. The SMILES string of the molecule is C[C@H](Cn1cccn1)NC(=O)c1cnn(-c2ccc(Br)cc2)c1. The lowest BCUT2D eigenvalue weighted by atomic mass is 10.2. The third-order valence-corrected chi connectivity index (χ3v) is 3.86. The number of nitrogens with one attached hydrogen (secondary N) is 1. The van der Waals surface area contributed by atoms with Crippen molar-refractivity contribution in [3.63, 3.8) is 0 Å². The minimum atomic E-state index is -0.145. The second-order valence-electron chi connectivity index (χ2n) is 5.25. The van der Waals surface area contributed by atoms with E-state index in [0.29, 0.717) is 12.1 Å². The van der Waals surface area contributed by atoms with Gasteiger partial charge in [0.25, 0.3) is 5.91 Å². The maximum Gasteiger partial charge on any atom is 0.254 e. The van der Waals surface area contributed by atoms with Crippen molar-refractivity contribution in [3.05, 3.63) is 65.2 Å². The summed E-state index contributed by atoms with van der Waals surface area (Å²) in [5.41, 5.74) is 1.43. The number of rotatable bonds is 5. The minimum absolute atomic E-state index is 0.0292. The van der Waals surface area contributed by atoms with Crippen LogP contribution in [0.15, 0.2) is 59.6 Å². The molecule has 7 heteroatoms. The Kier molecular flexibility index (Phi) is 4.57. The van der Waals surface area contributed by atoms with E-state index in [9.17, 15) is 4.79 Å². The molecule has 1 amide bonds. The second-order valence-corrected chi connectivity index (χ2v) is 6.17. The van der Waals surface area contributed by atoms with Crippen molar-refractivity contribution in [2.45, 2.75) is 19.5 Å². The van der Waals surface area contributed by atoms with E-state index in [2.05, 4.69) is 31.4 Å². The lowest BCUT2D eigenvalue weighted by molar-refractivity contribution is 0.0936. The van der Waals surface area contributed by atoms with Gasteiger partial charge < -0.3 is 5.32 Å². The molecule has 0 aliphatic rings. The number of carbonyl (C=O) groups is 1. The number of halogens is 1. The number of nitrogens with zero attached hydrogens (tertiary/aromatic N) is 4. The van der Waals surface area contributed by atoms with E-state index in [-0.39, 0.29) is 11.9 Å².